The molecular weight excluding hydrogens is 413 g/mol. The molecule has 10 heteroatoms. The first-order valence-corrected chi connectivity index (χ1v) is 11.2. The number of carbonyl (C=O) groups is 1. The molecule has 1 saturated heterocycles. The van der Waals surface area contributed by atoms with Gasteiger partial charge in [0.05, 0.1) is 18.5 Å². The van der Waals surface area contributed by atoms with Crippen LogP contribution in [0.3, 0.4) is 0 Å². The molecule has 1 fully saturated rings. The smallest absolute Gasteiger partial charge is 0.233 e. The Morgan fingerprint density at radius 2 is 2.07 bits per heavy atom. The quantitative estimate of drug-likeness (QED) is 0.366. The molecular formula is C20H24FN3O5S. The van der Waals surface area contributed by atoms with Crippen molar-refractivity contribution in [2.45, 2.75) is 31.6 Å². The van der Waals surface area contributed by atoms with Gasteiger partial charge in [-0.05, 0) is 42.2 Å². The molecule has 3 rings (SSSR count). The van der Waals surface area contributed by atoms with Crippen LogP contribution >= 0.6 is 0 Å². The molecule has 0 saturated carbocycles. The second-order valence-electron chi connectivity index (χ2n) is 7.11. The number of rotatable bonds is 9. The zero-order valence-corrected chi connectivity index (χ0v) is 17.1. The molecule has 1 unspecified atom stereocenters. The number of pyridine rings is 1. The van der Waals surface area contributed by atoms with E-state index in [4.69, 9.17) is 4.74 Å². The zero-order valence-electron chi connectivity index (χ0n) is 16.3. The number of benzene rings is 1. The van der Waals surface area contributed by atoms with E-state index in [1.54, 1.807) is 24.3 Å². The van der Waals surface area contributed by atoms with Gasteiger partial charge >= 0.3 is 0 Å². The average Bonchev–Trinajstić information content (AvgIpc) is 2.76. The van der Waals surface area contributed by atoms with Gasteiger partial charge in [-0.3, -0.25) is 15.0 Å². The molecule has 2 heterocycles. The van der Waals surface area contributed by atoms with Crippen LogP contribution in [0.4, 0.5) is 4.39 Å². The number of amides is 1. The number of sulfonamides is 1. The predicted molar refractivity (Wildman–Crippen MR) is 106 cm³/mol. The first-order chi connectivity index (χ1) is 14.4. The summed E-state index contributed by atoms with van der Waals surface area (Å²) in [5, 5.41) is 10.2. The molecule has 1 N–H and O–H groups in total. The minimum Gasteiger partial charge on any atom is -0.373 e. The van der Waals surface area contributed by atoms with Crippen molar-refractivity contribution in [1.29, 1.82) is 0 Å². The van der Waals surface area contributed by atoms with Crippen molar-refractivity contribution in [2.24, 2.45) is 0 Å². The summed E-state index contributed by atoms with van der Waals surface area (Å²) < 4.78 is 46.2. The van der Waals surface area contributed by atoms with Gasteiger partial charge in [-0.25, -0.2) is 22.2 Å². The molecule has 1 atom stereocenters. The molecule has 8 nitrogen and oxygen atoms in total. The topological polar surface area (TPSA) is 100 Å². The van der Waals surface area contributed by atoms with Crippen molar-refractivity contribution < 1.29 is 27.5 Å². The van der Waals surface area contributed by atoms with E-state index in [1.807, 2.05) is 0 Å². The van der Waals surface area contributed by atoms with Crippen molar-refractivity contribution in [3.8, 4) is 0 Å². The highest BCUT2D eigenvalue weighted by Crippen LogP contribution is 2.24. The van der Waals surface area contributed by atoms with Crippen LogP contribution in [0, 0.1) is 5.82 Å². The Hall–Kier alpha value is -2.40. The second-order valence-corrected chi connectivity index (χ2v) is 9.12. The second kappa shape index (κ2) is 10.1. The van der Waals surface area contributed by atoms with E-state index in [0.29, 0.717) is 23.5 Å². The van der Waals surface area contributed by atoms with Crippen LogP contribution in [0.2, 0.25) is 0 Å². The normalized spacial score (nSPS) is 16.9. The maximum atomic E-state index is 13.2. The fourth-order valence-corrected chi connectivity index (χ4v) is 5.12. The van der Waals surface area contributed by atoms with Crippen LogP contribution in [0.5, 0.6) is 0 Å². The Kier molecular flexibility index (Phi) is 7.48. The van der Waals surface area contributed by atoms with Crippen LogP contribution in [-0.4, -0.2) is 59.3 Å². The number of carbonyl (C=O) groups excluding carboxylic acids is 1. The van der Waals surface area contributed by atoms with Crippen molar-refractivity contribution >= 4 is 16.4 Å². The highest BCUT2D eigenvalue weighted by molar-refractivity contribution is 7.89. The molecule has 1 aromatic carbocycles. The minimum atomic E-state index is -3.74. The van der Waals surface area contributed by atoms with Gasteiger partial charge in [0.2, 0.25) is 16.4 Å². The lowest BCUT2D eigenvalue weighted by Crippen LogP contribution is -2.44. The van der Waals surface area contributed by atoms with Crippen LogP contribution in [0.1, 0.15) is 30.0 Å². The van der Waals surface area contributed by atoms with Gasteiger partial charge < -0.3 is 4.74 Å². The highest BCUT2D eigenvalue weighted by atomic mass is 32.2. The zero-order chi connectivity index (χ0) is 21.6. The van der Waals surface area contributed by atoms with E-state index in [-0.39, 0.29) is 38.0 Å². The first-order valence-electron chi connectivity index (χ1n) is 9.55. The van der Waals surface area contributed by atoms with Crippen LogP contribution in [0.25, 0.3) is 0 Å². The highest BCUT2D eigenvalue weighted by Gasteiger charge is 2.33. The molecule has 0 radical (unpaired) electrons. The van der Waals surface area contributed by atoms with E-state index in [9.17, 15) is 22.8 Å². The molecule has 1 amide bonds. The maximum Gasteiger partial charge on any atom is 0.233 e. The van der Waals surface area contributed by atoms with Crippen LogP contribution in [-0.2, 0) is 26.2 Å². The standard InChI is InChI=1S/C20H24FN3O5S/c21-18-5-1-3-16(11-18)13-29-19-6-9-23(10-7-19)30(27,28)14-20(24(26)15-25)17-4-2-8-22-12-17/h1-5,8,11-12,15,19-20,26H,6-7,9-10,13-14H2. The third-order valence-corrected chi connectivity index (χ3v) is 6.92. The molecule has 1 aliphatic heterocycles. The summed E-state index contributed by atoms with van der Waals surface area (Å²) in [7, 11) is -3.74. The van der Waals surface area contributed by atoms with Gasteiger partial charge in [0.15, 0.2) is 0 Å². The summed E-state index contributed by atoms with van der Waals surface area (Å²) in [5.74, 6) is -0.781. The molecule has 0 bridgehead atoms. The molecule has 162 valence electrons. The number of ether oxygens (including phenoxy) is 1. The Balaban J connectivity index is 1.57. The van der Waals surface area contributed by atoms with Crippen LogP contribution < -0.4 is 0 Å². The third kappa shape index (κ3) is 5.82. The molecule has 30 heavy (non-hydrogen) atoms. The molecule has 1 aliphatic rings. The van der Waals surface area contributed by atoms with Gasteiger partial charge in [0, 0.05) is 25.5 Å². The summed E-state index contributed by atoms with van der Waals surface area (Å²) in [5.41, 5.74) is 1.14. The maximum absolute atomic E-state index is 13.2. The average molecular weight is 437 g/mol. The van der Waals surface area contributed by atoms with E-state index in [0.717, 1.165) is 5.56 Å². The van der Waals surface area contributed by atoms with Crippen LogP contribution in [0.15, 0.2) is 48.8 Å². The lowest BCUT2D eigenvalue weighted by atomic mass is 10.1. The SMILES string of the molecule is O=CN(O)C(CS(=O)(=O)N1CCC(OCc2cccc(F)c2)CC1)c1cccnc1. The lowest BCUT2D eigenvalue weighted by molar-refractivity contribution is -0.159. The number of piperidine rings is 1. The van der Waals surface area contributed by atoms with Gasteiger partial charge in [-0.2, -0.15) is 0 Å². The molecule has 0 aliphatic carbocycles. The minimum absolute atomic E-state index is 0.127. The van der Waals surface area contributed by atoms with Crippen molar-refractivity contribution in [1.82, 2.24) is 14.4 Å². The summed E-state index contributed by atoms with van der Waals surface area (Å²) in [6, 6.07) is 8.32. The number of nitrogens with zero attached hydrogens (tertiary/aromatic N) is 3. The Morgan fingerprint density at radius 1 is 1.30 bits per heavy atom. The van der Waals surface area contributed by atoms with Gasteiger partial charge in [-0.1, -0.05) is 18.2 Å². The Morgan fingerprint density at radius 3 is 2.70 bits per heavy atom. The van der Waals surface area contributed by atoms with E-state index in [2.05, 4.69) is 4.98 Å². The summed E-state index contributed by atoms with van der Waals surface area (Å²) in [4.78, 5) is 15.0. The van der Waals surface area contributed by atoms with Crippen molar-refractivity contribution in [2.75, 3.05) is 18.8 Å². The van der Waals surface area contributed by atoms with Crippen molar-refractivity contribution in [3.63, 3.8) is 0 Å². The summed E-state index contributed by atoms with van der Waals surface area (Å²) in [6.07, 6.45) is 3.99. The lowest BCUT2D eigenvalue weighted by Gasteiger charge is -2.33. The summed E-state index contributed by atoms with van der Waals surface area (Å²) in [6.45, 7) is 0.794. The van der Waals surface area contributed by atoms with Gasteiger partial charge in [-0.15, -0.1) is 0 Å². The largest absolute Gasteiger partial charge is 0.373 e. The van der Waals surface area contributed by atoms with E-state index >= 15 is 0 Å². The number of hydrogen-bond acceptors (Lipinski definition) is 6. The predicted octanol–water partition coefficient (Wildman–Crippen LogP) is 2.12. The Labute approximate surface area is 174 Å². The fourth-order valence-electron chi connectivity index (χ4n) is 3.39. The first kappa shape index (κ1) is 22.3. The summed E-state index contributed by atoms with van der Waals surface area (Å²) >= 11 is 0. The van der Waals surface area contributed by atoms with E-state index < -0.39 is 21.8 Å². The van der Waals surface area contributed by atoms with Crippen molar-refractivity contribution in [3.05, 3.63) is 65.7 Å². The molecule has 1 aromatic heterocycles. The number of aromatic nitrogens is 1. The van der Waals surface area contributed by atoms with Gasteiger partial charge in [0.1, 0.15) is 11.9 Å². The number of hydroxylamine groups is 2. The number of hydrogen-bond donors (Lipinski definition) is 1. The van der Waals surface area contributed by atoms with E-state index in [1.165, 1.54) is 28.8 Å². The Bertz CT molecular complexity index is 936. The molecule has 0 spiro atoms. The number of halogens is 1. The molecule has 2 aromatic rings. The fraction of sp³-hybridized carbons (Fsp3) is 0.400. The third-order valence-electron chi connectivity index (χ3n) is 5.03. The monoisotopic (exact) mass is 437 g/mol. The van der Waals surface area contributed by atoms with Gasteiger partial charge in [0.25, 0.3) is 0 Å².